The first-order valence-electron chi connectivity index (χ1n) is 7.76. The molecule has 0 aliphatic rings. The number of Topliss-reactive ketones (excluding diaryl/α,β-unsaturated/α-hetero) is 1. The maximum Gasteiger partial charge on any atom is 0.414 e. The van der Waals surface area contributed by atoms with Crippen molar-refractivity contribution in [3.63, 3.8) is 0 Å². The van der Waals surface area contributed by atoms with Gasteiger partial charge in [-0.2, -0.15) is 0 Å². The zero-order chi connectivity index (χ0) is 18.6. The second-order valence-electron chi connectivity index (χ2n) is 5.93. The summed E-state index contributed by atoms with van der Waals surface area (Å²) in [6.45, 7) is 3.55. The highest BCUT2D eigenvalue weighted by molar-refractivity contribution is 7.85. The molecule has 0 spiro atoms. The Bertz CT molecular complexity index is 792. The van der Waals surface area contributed by atoms with Crippen molar-refractivity contribution in [2.45, 2.75) is 18.7 Å². The molecule has 132 valence electrons. The van der Waals surface area contributed by atoms with Gasteiger partial charge in [-0.15, -0.1) is 0 Å². The van der Waals surface area contributed by atoms with Gasteiger partial charge in [0.15, 0.2) is 5.78 Å². The lowest BCUT2D eigenvalue weighted by molar-refractivity contribution is 0.102. The van der Waals surface area contributed by atoms with E-state index in [9.17, 15) is 13.8 Å². The highest BCUT2D eigenvalue weighted by Crippen LogP contribution is 2.26. The van der Waals surface area contributed by atoms with Gasteiger partial charge in [-0.05, 0) is 49.2 Å². The van der Waals surface area contributed by atoms with Crippen LogP contribution in [-0.2, 0) is 10.8 Å². The van der Waals surface area contributed by atoms with Gasteiger partial charge >= 0.3 is 6.09 Å². The summed E-state index contributed by atoms with van der Waals surface area (Å²) in [6, 6.07) is 12.2. The Balaban J connectivity index is 2.18. The molecule has 0 bridgehead atoms. The number of carbonyl (C=O) groups excluding carboxylic acids is 2. The minimum atomic E-state index is -1.39. The minimum absolute atomic E-state index is 0.0836. The van der Waals surface area contributed by atoms with Crippen LogP contribution in [-0.4, -0.2) is 40.8 Å². The van der Waals surface area contributed by atoms with Crippen molar-refractivity contribution in [1.29, 1.82) is 0 Å². The second-order valence-corrected chi connectivity index (χ2v) is 7.38. The van der Waals surface area contributed by atoms with Crippen molar-refractivity contribution in [2.24, 2.45) is 0 Å². The SMILES string of the molecule is Cc1cc(C(=O)C[S@@](=O)c2ccccc2)cc(C)c1OC(=O)N(C)C. The molecular weight excluding hydrogens is 338 g/mol. The van der Waals surface area contributed by atoms with E-state index >= 15 is 0 Å². The lowest BCUT2D eigenvalue weighted by Gasteiger charge is -2.15. The maximum absolute atomic E-state index is 12.5. The minimum Gasteiger partial charge on any atom is -0.410 e. The van der Waals surface area contributed by atoms with Crippen LogP contribution in [0.25, 0.3) is 0 Å². The van der Waals surface area contributed by atoms with Crippen molar-refractivity contribution in [3.05, 3.63) is 59.2 Å². The Kier molecular flexibility index (Phi) is 6.09. The van der Waals surface area contributed by atoms with Crippen LogP contribution in [0, 0.1) is 13.8 Å². The molecule has 0 saturated heterocycles. The van der Waals surface area contributed by atoms with Crippen LogP contribution in [0.15, 0.2) is 47.4 Å². The van der Waals surface area contributed by atoms with Gasteiger partial charge in [-0.25, -0.2) is 4.79 Å². The molecule has 0 fully saturated rings. The summed E-state index contributed by atoms with van der Waals surface area (Å²) < 4.78 is 17.6. The first-order valence-corrected chi connectivity index (χ1v) is 9.08. The largest absolute Gasteiger partial charge is 0.414 e. The number of amides is 1. The van der Waals surface area contributed by atoms with E-state index in [2.05, 4.69) is 0 Å². The quantitative estimate of drug-likeness (QED) is 0.768. The molecule has 1 atom stereocenters. The van der Waals surface area contributed by atoms with Gasteiger partial charge in [0, 0.05) is 24.6 Å². The zero-order valence-corrected chi connectivity index (χ0v) is 15.6. The molecule has 0 aliphatic heterocycles. The summed E-state index contributed by atoms with van der Waals surface area (Å²) in [5.74, 6) is 0.151. The molecule has 1 amide bonds. The first kappa shape index (κ1) is 18.9. The molecule has 0 N–H and O–H groups in total. The normalized spacial score (nSPS) is 11.7. The van der Waals surface area contributed by atoms with Crippen molar-refractivity contribution in [2.75, 3.05) is 19.8 Å². The molecule has 0 aliphatic carbocycles. The fraction of sp³-hybridized carbons (Fsp3) is 0.263. The van der Waals surface area contributed by atoms with Crippen LogP contribution in [0.1, 0.15) is 21.5 Å². The van der Waals surface area contributed by atoms with Crippen LogP contribution in [0.2, 0.25) is 0 Å². The molecule has 0 aromatic heterocycles. The van der Waals surface area contributed by atoms with E-state index in [-0.39, 0.29) is 11.5 Å². The van der Waals surface area contributed by atoms with Crippen LogP contribution < -0.4 is 4.74 Å². The Morgan fingerprint density at radius 2 is 1.60 bits per heavy atom. The van der Waals surface area contributed by atoms with E-state index in [0.29, 0.717) is 27.3 Å². The van der Waals surface area contributed by atoms with Crippen LogP contribution in [0.5, 0.6) is 5.75 Å². The summed E-state index contributed by atoms with van der Waals surface area (Å²) in [5, 5.41) is 0. The molecule has 2 rings (SSSR count). The van der Waals surface area contributed by atoms with Gasteiger partial charge in [-0.3, -0.25) is 9.00 Å². The van der Waals surface area contributed by atoms with Crippen LogP contribution in [0.4, 0.5) is 4.79 Å². The number of carbonyl (C=O) groups is 2. The summed E-state index contributed by atoms with van der Waals surface area (Å²) in [4.78, 5) is 26.2. The first-order chi connectivity index (χ1) is 11.8. The van der Waals surface area contributed by atoms with E-state index in [0.717, 1.165) is 0 Å². The number of nitrogens with zero attached hydrogens (tertiary/aromatic N) is 1. The standard InChI is InChI=1S/C19H21NO4S/c1-13-10-15(11-14(2)18(13)24-19(22)20(3)4)17(21)12-25(23)16-8-6-5-7-9-16/h5-11H,12H2,1-4H3/t25-/m1/s1. The topological polar surface area (TPSA) is 63.7 Å². The number of rotatable bonds is 5. The predicted octanol–water partition coefficient (Wildman–Crippen LogP) is 3.35. The Hall–Kier alpha value is -2.47. The summed E-state index contributed by atoms with van der Waals surface area (Å²) in [6.07, 6.45) is -0.476. The van der Waals surface area contributed by atoms with Gasteiger partial charge in [0.05, 0.1) is 16.6 Å². The summed E-state index contributed by atoms with van der Waals surface area (Å²) >= 11 is 0. The van der Waals surface area contributed by atoms with Gasteiger partial charge < -0.3 is 9.64 Å². The van der Waals surface area contributed by atoms with Gasteiger partial charge in [-0.1, -0.05) is 18.2 Å². The lowest BCUT2D eigenvalue weighted by atomic mass is 10.0. The summed E-state index contributed by atoms with van der Waals surface area (Å²) in [7, 11) is 1.81. The monoisotopic (exact) mass is 359 g/mol. The number of hydrogen-bond donors (Lipinski definition) is 0. The molecule has 5 nitrogen and oxygen atoms in total. The zero-order valence-electron chi connectivity index (χ0n) is 14.7. The smallest absolute Gasteiger partial charge is 0.410 e. The number of hydrogen-bond acceptors (Lipinski definition) is 4. The maximum atomic E-state index is 12.5. The molecule has 25 heavy (non-hydrogen) atoms. The number of aryl methyl sites for hydroxylation is 2. The predicted molar refractivity (Wildman–Crippen MR) is 97.7 cm³/mol. The molecule has 2 aromatic rings. The van der Waals surface area contributed by atoms with Gasteiger partial charge in [0.25, 0.3) is 0 Å². The Morgan fingerprint density at radius 1 is 1.04 bits per heavy atom. The second kappa shape index (κ2) is 8.07. The molecule has 0 unspecified atom stereocenters. The average Bonchev–Trinajstić information content (AvgIpc) is 2.58. The molecule has 0 saturated carbocycles. The van der Waals surface area contributed by atoms with Gasteiger partial charge in [0.2, 0.25) is 0 Å². The van der Waals surface area contributed by atoms with Crippen molar-refractivity contribution < 1.29 is 18.5 Å². The third-order valence-electron chi connectivity index (χ3n) is 3.61. The number of ketones is 1. The van der Waals surface area contributed by atoms with E-state index in [4.69, 9.17) is 4.74 Å². The van der Waals surface area contributed by atoms with Gasteiger partial charge in [0.1, 0.15) is 5.75 Å². The third kappa shape index (κ3) is 4.76. The number of benzene rings is 2. The highest BCUT2D eigenvalue weighted by Gasteiger charge is 2.17. The fourth-order valence-corrected chi connectivity index (χ4v) is 3.34. The molecule has 6 heteroatoms. The average molecular weight is 359 g/mol. The van der Waals surface area contributed by atoms with E-state index in [1.807, 2.05) is 6.07 Å². The molecule has 0 heterocycles. The Labute approximate surface area is 150 Å². The van der Waals surface area contributed by atoms with Crippen molar-refractivity contribution in [1.82, 2.24) is 4.90 Å². The van der Waals surface area contributed by atoms with Crippen molar-refractivity contribution in [3.8, 4) is 5.75 Å². The lowest BCUT2D eigenvalue weighted by Crippen LogP contribution is -2.26. The number of ether oxygens (including phenoxy) is 1. The fourth-order valence-electron chi connectivity index (χ4n) is 2.31. The van der Waals surface area contributed by atoms with Crippen LogP contribution in [0.3, 0.4) is 0 Å². The van der Waals surface area contributed by atoms with E-state index < -0.39 is 16.9 Å². The van der Waals surface area contributed by atoms with E-state index in [1.54, 1.807) is 64.3 Å². The van der Waals surface area contributed by atoms with Crippen LogP contribution >= 0.6 is 0 Å². The third-order valence-corrected chi connectivity index (χ3v) is 4.93. The molecular formula is C19H21NO4S. The molecule has 2 aromatic carbocycles. The summed E-state index contributed by atoms with van der Waals surface area (Å²) in [5.41, 5.74) is 1.83. The van der Waals surface area contributed by atoms with Crippen molar-refractivity contribution >= 4 is 22.7 Å². The van der Waals surface area contributed by atoms with E-state index in [1.165, 1.54) is 4.90 Å². The highest BCUT2D eigenvalue weighted by atomic mass is 32.2. The Morgan fingerprint density at radius 3 is 2.12 bits per heavy atom. The molecule has 0 radical (unpaired) electrons.